The molecule has 0 spiro atoms. The summed E-state index contributed by atoms with van der Waals surface area (Å²) >= 11 is 0. The number of amides is 1. The molecule has 2 rings (SSSR count). The molecule has 1 heterocycles. The second kappa shape index (κ2) is 4.55. The molecule has 1 atom stereocenters. The molecule has 0 saturated heterocycles. The van der Waals surface area contributed by atoms with E-state index in [0.717, 1.165) is 11.3 Å². The number of anilines is 1. The summed E-state index contributed by atoms with van der Waals surface area (Å²) in [7, 11) is 0. The molecule has 1 aromatic carbocycles. The van der Waals surface area contributed by atoms with Crippen LogP contribution < -0.4 is 11.1 Å². The average Bonchev–Trinajstić information content (AvgIpc) is 2.29. The predicted molar refractivity (Wildman–Crippen MR) is 65.9 cm³/mol. The van der Waals surface area contributed by atoms with Crippen LogP contribution in [0.3, 0.4) is 0 Å². The molecule has 90 valence electrons. The molecule has 0 bridgehead atoms. The highest BCUT2D eigenvalue weighted by Gasteiger charge is 2.29. The Labute approximate surface area is 99.7 Å². The standard InChI is InChI=1S/C12H15N3O2/c1-12(7-17-6-11(13)15-12)9-3-2-4-10(5-9)14-8-16/h2-5,8H,6-7H2,1H3,(H2,13,15)(H,14,16). The summed E-state index contributed by atoms with van der Waals surface area (Å²) in [6.07, 6.45) is 0.649. The molecule has 5 nitrogen and oxygen atoms in total. The Bertz CT molecular complexity index is 459. The molecule has 1 unspecified atom stereocenters. The fraction of sp³-hybridized carbons (Fsp3) is 0.333. The van der Waals surface area contributed by atoms with Crippen molar-refractivity contribution in [2.45, 2.75) is 12.5 Å². The maximum atomic E-state index is 10.4. The van der Waals surface area contributed by atoms with E-state index in [-0.39, 0.29) is 0 Å². The third kappa shape index (κ3) is 2.45. The highest BCUT2D eigenvalue weighted by Crippen LogP contribution is 2.29. The summed E-state index contributed by atoms with van der Waals surface area (Å²) in [5, 5.41) is 2.61. The third-order valence-electron chi connectivity index (χ3n) is 2.73. The van der Waals surface area contributed by atoms with Gasteiger partial charge in [-0.15, -0.1) is 0 Å². The lowest BCUT2D eigenvalue weighted by molar-refractivity contribution is -0.105. The van der Waals surface area contributed by atoms with Crippen LogP contribution in [0.4, 0.5) is 5.69 Å². The lowest BCUT2D eigenvalue weighted by Gasteiger charge is -2.30. The van der Waals surface area contributed by atoms with Crippen LogP contribution in [-0.4, -0.2) is 25.5 Å². The number of aliphatic imine (C=N–C) groups is 1. The fourth-order valence-corrected chi connectivity index (χ4v) is 1.90. The van der Waals surface area contributed by atoms with E-state index in [0.29, 0.717) is 25.5 Å². The molecule has 1 aliphatic heterocycles. The van der Waals surface area contributed by atoms with Crippen LogP contribution in [-0.2, 0) is 15.1 Å². The van der Waals surface area contributed by atoms with Gasteiger partial charge in [0.1, 0.15) is 18.0 Å². The molecule has 0 aromatic heterocycles. The van der Waals surface area contributed by atoms with Crippen molar-refractivity contribution in [3.8, 4) is 0 Å². The van der Waals surface area contributed by atoms with E-state index in [1.54, 1.807) is 0 Å². The summed E-state index contributed by atoms with van der Waals surface area (Å²) in [5.74, 6) is 0.493. The van der Waals surface area contributed by atoms with Gasteiger partial charge in [-0.1, -0.05) is 12.1 Å². The number of nitrogens with two attached hydrogens (primary N) is 1. The third-order valence-corrected chi connectivity index (χ3v) is 2.73. The van der Waals surface area contributed by atoms with Crippen molar-refractivity contribution >= 4 is 17.9 Å². The zero-order valence-corrected chi connectivity index (χ0v) is 9.64. The molecule has 0 aliphatic carbocycles. The van der Waals surface area contributed by atoms with Gasteiger partial charge in [-0.05, 0) is 24.6 Å². The molecular weight excluding hydrogens is 218 g/mol. The summed E-state index contributed by atoms with van der Waals surface area (Å²) in [4.78, 5) is 14.8. The molecule has 3 N–H and O–H groups in total. The van der Waals surface area contributed by atoms with Crippen LogP contribution in [0.5, 0.6) is 0 Å². The number of hydrogen-bond donors (Lipinski definition) is 2. The molecule has 0 saturated carbocycles. The van der Waals surface area contributed by atoms with E-state index in [2.05, 4.69) is 10.3 Å². The number of carbonyl (C=O) groups excluding carboxylic acids is 1. The molecule has 17 heavy (non-hydrogen) atoms. The summed E-state index contributed by atoms with van der Waals surface area (Å²) in [6.45, 7) is 2.82. The maximum Gasteiger partial charge on any atom is 0.211 e. The predicted octanol–water partition coefficient (Wildman–Crippen LogP) is 0.858. The molecule has 5 heteroatoms. The van der Waals surface area contributed by atoms with Crippen LogP contribution in [0.2, 0.25) is 0 Å². The first-order chi connectivity index (χ1) is 8.14. The van der Waals surface area contributed by atoms with Crippen molar-refractivity contribution in [3.63, 3.8) is 0 Å². The average molecular weight is 233 g/mol. The smallest absolute Gasteiger partial charge is 0.211 e. The zero-order chi connectivity index (χ0) is 12.3. The van der Waals surface area contributed by atoms with Crippen molar-refractivity contribution < 1.29 is 9.53 Å². The monoisotopic (exact) mass is 233 g/mol. The second-order valence-electron chi connectivity index (χ2n) is 4.21. The number of carbonyl (C=O) groups is 1. The Kier molecular flexibility index (Phi) is 3.10. The quantitative estimate of drug-likeness (QED) is 0.760. The Morgan fingerprint density at radius 2 is 2.41 bits per heavy atom. The van der Waals surface area contributed by atoms with Gasteiger partial charge in [-0.2, -0.15) is 0 Å². The van der Waals surface area contributed by atoms with Gasteiger partial charge in [0.2, 0.25) is 6.41 Å². The maximum absolute atomic E-state index is 10.4. The van der Waals surface area contributed by atoms with Gasteiger partial charge in [0, 0.05) is 5.69 Å². The van der Waals surface area contributed by atoms with Gasteiger partial charge in [-0.3, -0.25) is 9.79 Å². The summed E-state index contributed by atoms with van der Waals surface area (Å²) in [5.41, 5.74) is 6.91. The topological polar surface area (TPSA) is 76.7 Å². The van der Waals surface area contributed by atoms with Gasteiger partial charge in [0.25, 0.3) is 0 Å². The largest absolute Gasteiger partial charge is 0.386 e. The van der Waals surface area contributed by atoms with Crippen LogP contribution in [0, 0.1) is 0 Å². The molecule has 0 fully saturated rings. The van der Waals surface area contributed by atoms with Crippen LogP contribution >= 0.6 is 0 Å². The first-order valence-corrected chi connectivity index (χ1v) is 5.37. The van der Waals surface area contributed by atoms with Gasteiger partial charge < -0.3 is 15.8 Å². The number of ether oxygens (including phenoxy) is 1. The van der Waals surface area contributed by atoms with Gasteiger partial charge in [0.05, 0.1) is 6.61 Å². The van der Waals surface area contributed by atoms with Crippen molar-refractivity contribution in [2.24, 2.45) is 10.7 Å². The van der Waals surface area contributed by atoms with Crippen LogP contribution in [0.25, 0.3) is 0 Å². The zero-order valence-electron chi connectivity index (χ0n) is 9.64. The minimum atomic E-state index is -0.483. The van der Waals surface area contributed by atoms with E-state index < -0.39 is 5.54 Å². The summed E-state index contributed by atoms with van der Waals surface area (Å²) < 4.78 is 5.41. The lowest BCUT2D eigenvalue weighted by Crippen LogP contribution is -2.37. The van der Waals surface area contributed by atoms with Crippen molar-refractivity contribution in [3.05, 3.63) is 29.8 Å². The first kappa shape index (κ1) is 11.6. The Hall–Kier alpha value is -1.88. The molecule has 1 aliphatic rings. The van der Waals surface area contributed by atoms with Gasteiger partial charge >= 0.3 is 0 Å². The highest BCUT2D eigenvalue weighted by molar-refractivity contribution is 5.82. The van der Waals surface area contributed by atoms with E-state index >= 15 is 0 Å². The van der Waals surface area contributed by atoms with Gasteiger partial charge in [-0.25, -0.2) is 0 Å². The van der Waals surface area contributed by atoms with Crippen molar-refractivity contribution in [1.82, 2.24) is 0 Å². The minimum absolute atomic E-state index is 0.377. The number of amidine groups is 1. The summed E-state index contributed by atoms with van der Waals surface area (Å²) in [6, 6.07) is 7.51. The van der Waals surface area contributed by atoms with Crippen molar-refractivity contribution in [1.29, 1.82) is 0 Å². The van der Waals surface area contributed by atoms with Gasteiger partial charge in [0.15, 0.2) is 0 Å². The van der Waals surface area contributed by atoms with Crippen LogP contribution in [0.1, 0.15) is 12.5 Å². The number of nitrogens with zero attached hydrogens (tertiary/aromatic N) is 1. The Morgan fingerprint density at radius 3 is 3.12 bits per heavy atom. The molecule has 0 radical (unpaired) electrons. The van der Waals surface area contributed by atoms with Crippen molar-refractivity contribution in [2.75, 3.05) is 18.5 Å². The number of hydrogen-bond acceptors (Lipinski definition) is 4. The SMILES string of the molecule is CC1(c2cccc(NC=O)c2)COCC(N)=N1. The van der Waals surface area contributed by atoms with E-state index in [4.69, 9.17) is 10.5 Å². The normalized spacial score (nSPS) is 23.9. The van der Waals surface area contributed by atoms with E-state index in [1.165, 1.54) is 0 Å². The highest BCUT2D eigenvalue weighted by atomic mass is 16.5. The second-order valence-corrected chi connectivity index (χ2v) is 4.21. The molecule has 1 amide bonds. The Morgan fingerprint density at radius 1 is 1.59 bits per heavy atom. The van der Waals surface area contributed by atoms with E-state index in [9.17, 15) is 4.79 Å². The lowest BCUT2D eigenvalue weighted by atomic mass is 9.92. The molecule has 1 aromatic rings. The number of benzene rings is 1. The minimum Gasteiger partial charge on any atom is -0.386 e. The molecular formula is C12H15N3O2. The first-order valence-electron chi connectivity index (χ1n) is 5.37. The van der Waals surface area contributed by atoms with Crippen LogP contribution in [0.15, 0.2) is 29.3 Å². The Balaban J connectivity index is 2.35. The number of rotatable bonds is 3. The number of nitrogens with one attached hydrogen (secondary N) is 1. The van der Waals surface area contributed by atoms with E-state index in [1.807, 2.05) is 31.2 Å². The fourth-order valence-electron chi connectivity index (χ4n) is 1.90.